The van der Waals surface area contributed by atoms with E-state index in [1.165, 1.54) is 33.1 Å². The Bertz CT molecular complexity index is 805. The van der Waals surface area contributed by atoms with E-state index in [9.17, 15) is 14.0 Å². The summed E-state index contributed by atoms with van der Waals surface area (Å²) in [4.78, 5) is 35.5. The number of halogens is 1. The molecule has 0 radical (unpaired) electrons. The van der Waals surface area contributed by atoms with Gasteiger partial charge in [-0.15, -0.1) is 5.10 Å². The first kappa shape index (κ1) is 17.9. The summed E-state index contributed by atoms with van der Waals surface area (Å²) < 4.78 is 15.4. The summed E-state index contributed by atoms with van der Waals surface area (Å²) in [6, 6.07) is -0.399. The van der Waals surface area contributed by atoms with Crippen molar-refractivity contribution in [2.75, 3.05) is 20.6 Å². The number of rotatable bonds is 4. The van der Waals surface area contributed by atoms with Crippen LogP contribution in [0.5, 0.6) is 0 Å². The molecule has 9 nitrogen and oxygen atoms in total. The predicted octanol–water partition coefficient (Wildman–Crippen LogP) is 0.331. The number of aryl methyl sites for hydroxylation is 1. The molecule has 138 valence electrons. The van der Waals surface area contributed by atoms with Crippen molar-refractivity contribution in [1.82, 2.24) is 34.8 Å². The van der Waals surface area contributed by atoms with Gasteiger partial charge in [0.05, 0.1) is 37.2 Å². The minimum atomic E-state index is -1.12. The standard InChI is InChI=1S/C16H20FN7O2/c1-10-5-19-13(6-18-10)16(26)24-7-11(17)4-12(24)8-23-9-14(20-21-23)15(25)22(2)3/h5-6,9,11-12H,4,7-8H2,1-3H3/t11-,12-/m0/s1. The first-order chi connectivity index (χ1) is 12.3. The van der Waals surface area contributed by atoms with Crippen molar-refractivity contribution >= 4 is 11.8 Å². The molecule has 0 N–H and O–H groups in total. The second kappa shape index (κ2) is 7.14. The third-order valence-electron chi connectivity index (χ3n) is 4.19. The van der Waals surface area contributed by atoms with Crippen molar-refractivity contribution in [3.63, 3.8) is 0 Å². The molecular weight excluding hydrogens is 341 g/mol. The topological polar surface area (TPSA) is 97.1 Å². The molecule has 1 aliphatic heterocycles. The number of carbonyl (C=O) groups excluding carboxylic acids is 2. The maximum Gasteiger partial charge on any atom is 0.275 e. The van der Waals surface area contributed by atoms with E-state index in [1.54, 1.807) is 21.0 Å². The van der Waals surface area contributed by atoms with Gasteiger partial charge in [0.1, 0.15) is 11.9 Å². The predicted molar refractivity (Wildman–Crippen MR) is 89.1 cm³/mol. The second-order valence-electron chi connectivity index (χ2n) is 6.51. The van der Waals surface area contributed by atoms with Gasteiger partial charge >= 0.3 is 0 Å². The summed E-state index contributed by atoms with van der Waals surface area (Å²) in [5, 5.41) is 7.76. The van der Waals surface area contributed by atoms with Gasteiger partial charge in [-0.2, -0.15) is 0 Å². The van der Waals surface area contributed by atoms with E-state index in [4.69, 9.17) is 0 Å². The molecule has 3 rings (SSSR count). The number of alkyl halides is 1. The molecule has 3 heterocycles. The third kappa shape index (κ3) is 3.68. The van der Waals surface area contributed by atoms with Gasteiger partial charge in [0.25, 0.3) is 11.8 Å². The summed E-state index contributed by atoms with van der Waals surface area (Å²) in [5.74, 6) is -0.638. The summed E-state index contributed by atoms with van der Waals surface area (Å²) in [7, 11) is 3.24. The molecule has 0 unspecified atom stereocenters. The van der Waals surface area contributed by atoms with Gasteiger partial charge in [-0.05, 0) is 6.92 Å². The maximum absolute atomic E-state index is 14.0. The smallest absolute Gasteiger partial charge is 0.275 e. The molecule has 2 amide bonds. The number of hydrogen-bond donors (Lipinski definition) is 0. The highest BCUT2D eigenvalue weighted by molar-refractivity contribution is 5.92. The quantitative estimate of drug-likeness (QED) is 0.779. The van der Waals surface area contributed by atoms with E-state index in [-0.39, 0.29) is 42.7 Å². The normalized spacial score (nSPS) is 19.6. The molecule has 0 aromatic carbocycles. The molecule has 1 fully saturated rings. The van der Waals surface area contributed by atoms with Gasteiger partial charge in [0.2, 0.25) is 0 Å². The molecule has 2 aromatic heterocycles. The van der Waals surface area contributed by atoms with Gasteiger partial charge in [0, 0.05) is 26.7 Å². The maximum atomic E-state index is 14.0. The Labute approximate surface area is 149 Å². The number of nitrogens with zero attached hydrogens (tertiary/aromatic N) is 7. The van der Waals surface area contributed by atoms with Crippen molar-refractivity contribution in [3.8, 4) is 0 Å². The lowest BCUT2D eigenvalue weighted by Crippen LogP contribution is -2.39. The summed E-state index contributed by atoms with van der Waals surface area (Å²) in [6.45, 7) is 2.02. The van der Waals surface area contributed by atoms with Gasteiger partial charge in [-0.25, -0.2) is 14.1 Å². The van der Waals surface area contributed by atoms with Crippen LogP contribution in [0.3, 0.4) is 0 Å². The molecule has 2 atom stereocenters. The van der Waals surface area contributed by atoms with E-state index < -0.39 is 12.2 Å². The molecule has 0 bridgehead atoms. The van der Waals surface area contributed by atoms with Crippen LogP contribution in [0, 0.1) is 6.92 Å². The Hall–Kier alpha value is -2.91. The van der Waals surface area contributed by atoms with Gasteiger partial charge in [0.15, 0.2) is 5.69 Å². The van der Waals surface area contributed by atoms with Crippen molar-refractivity contribution in [1.29, 1.82) is 0 Å². The Kier molecular flexibility index (Phi) is 4.92. The molecule has 1 aliphatic rings. The summed E-state index contributed by atoms with van der Waals surface area (Å²) >= 11 is 0. The van der Waals surface area contributed by atoms with Crippen LogP contribution in [0.4, 0.5) is 4.39 Å². The van der Waals surface area contributed by atoms with Gasteiger partial charge < -0.3 is 9.80 Å². The van der Waals surface area contributed by atoms with Gasteiger partial charge in [-0.1, -0.05) is 5.21 Å². The van der Waals surface area contributed by atoms with Crippen LogP contribution in [0.25, 0.3) is 0 Å². The lowest BCUT2D eigenvalue weighted by molar-refractivity contribution is 0.0707. The van der Waals surface area contributed by atoms with Crippen LogP contribution in [-0.4, -0.2) is 79.4 Å². The Morgan fingerprint density at radius 2 is 2.04 bits per heavy atom. The molecule has 10 heteroatoms. The summed E-state index contributed by atoms with van der Waals surface area (Å²) in [6.07, 6.45) is 3.48. The van der Waals surface area contributed by atoms with Crippen LogP contribution >= 0.6 is 0 Å². The first-order valence-corrected chi connectivity index (χ1v) is 8.20. The number of likely N-dealkylation sites (tertiary alicyclic amines) is 1. The average molecular weight is 361 g/mol. The highest BCUT2D eigenvalue weighted by Gasteiger charge is 2.36. The number of hydrogen-bond acceptors (Lipinski definition) is 6. The zero-order chi connectivity index (χ0) is 18.8. The highest BCUT2D eigenvalue weighted by Crippen LogP contribution is 2.23. The molecule has 1 saturated heterocycles. The fourth-order valence-corrected chi connectivity index (χ4v) is 2.86. The van der Waals surface area contributed by atoms with Crippen molar-refractivity contribution in [3.05, 3.63) is 35.7 Å². The average Bonchev–Trinajstić information content (AvgIpc) is 3.21. The molecule has 2 aromatic rings. The van der Waals surface area contributed by atoms with E-state index in [0.29, 0.717) is 5.69 Å². The van der Waals surface area contributed by atoms with E-state index >= 15 is 0 Å². The number of aromatic nitrogens is 5. The number of carbonyl (C=O) groups is 2. The Morgan fingerprint density at radius 3 is 2.69 bits per heavy atom. The van der Waals surface area contributed by atoms with Crippen LogP contribution in [0.2, 0.25) is 0 Å². The zero-order valence-corrected chi connectivity index (χ0v) is 14.8. The lowest BCUT2D eigenvalue weighted by atomic mass is 10.2. The van der Waals surface area contributed by atoms with Crippen LogP contribution in [0.1, 0.15) is 33.1 Å². The Morgan fingerprint density at radius 1 is 1.27 bits per heavy atom. The van der Waals surface area contributed by atoms with E-state index in [0.717, 1.165) is 0 Å². The fourth-order valence-electron chi connectivity index (χ4n) is 2.86. The largest absolute Gasteiger partial charge is 0.343 e. The second-order valence-corrected chi connectivity index (χ2v) is 6.51. The van der Waals surface area contributed by atoms with Crippen molar-refractivity contribution in [2.45, 2.75) is 32.1 Å². The minimum absolute atomic E-state index is 0.00274. The molecular formula is C16H20FN7O2. The fraction of sp³-hybridized carbons (Fsp3) is 0.500. The van der Waals surface area contributed by atoms with Crippen LogP contribution < -0.4 is 0 Å². The SMILES string of the molecule is Cc1cnc(C(=O)N2C[C@@H](F)C[C@H]2Cn2cc(C(=O)N(C)C)nn2)cn1. The molecule has 0 saturated carbocycles. The Balaban J connectivity index is 1.75. The summed E-state index contributed by atoms with van der Waals surface area (Å²) in [5.41, 5.74) is 1.08. The third-order valence-corrected chi connectivity index (χ3v) is 4.19. The van der Waals surface area contributed by atoms with E-state index in [2.05, 4.69) is 20.3 Å². The first-order valence-electron chi connectivity index (χ1n) is 8.20. The number of amides is 2. The lowest BCUT2D eigenvalue weighted by Gasteiger charge is -2.23. The zero-order valence-electron chi connectivity index (χ0n) is 14.8. The molecule has 0 spiro atoms. The molecule has 26 heavy (non-hydrogen) atoms. The molecule has 0 aliphatic carbocycles. The van der Waals surface area contributed by atoms with Crippen LogP contribution in [-0.2, 0) is 6.54 Å². The monoisotopic (exact) mass is 361 g/mol. The highest BCUT2D eigenvalue weighted by atomic mass is 19.1. The minimum Gasteiger partial charge on any atom is -0.343 e. The van der Waals surface area contributed by atoms with Gasteiger partial charge in [-0.3, -0.25) is 14.6 Å². The van der Waals surface area contributed by atoms with Crippen LogP contribution in [0.15, 0.2) is 18.6 Å². The van der Waals surface area contributed by atoms with Crippen molar-refractivity contribution in [2.24, 2.45) is 0 Å². The van der Waals surface area contributed by atoms with Crippen molar-refractivity contribution < 1.29 is 14.0 Å². The van der Waals surface area contributed by atoms with E-state index in [1.807, 2.05) is 0 Å².